The number of non-ortho nitro benzene ring substituents is 1. The van der Waals surface area contributed by atoms with E-state index in [2.05, 4.69) is 15.6 Å². The maximum absolute atomic E-state index is 11.4. The number of nitrogens with zero attached hydrogens (tertiary/aromatic N) is 3. The largest absolute Gasteiger partial charge is 0.497 e. The van der Waals surface area contributed by atoms with Gasteiger partial charge in [0.05, 0.1) is 12.0 Å². The Morgan fingerprint density at radius 2 is 1.94 bits per heavy atom. The lowest BCUT2D eigenvalue weighted by Crippen LogP contribution is -2.59. The highest BCUT2D eigenvalue weighted by Gasteiger charge is 2.52. The number of aliphatic imine (C=N–C) groups is 1. The second kappa shape index (κ2) is 10.3. The van der Waals surface area contributed by atoms with Crippen molar-refractivity contribution in [3.8, 4) is 17.7 Å². The molecule has 0 aromatic heterocycles. The van der Waals surface area contributed by atoms with Crippen molar-refractivity contribution in [1.82, 2.24) is 5.32 Å². The highest BCUT2D eigenvalue weighted by atomic mass is 16.7. The Morgan fingerprint density at radius 1 is 1.26 bits per heavy atom. The molecule has 3 N–H and O–H groups in total. The zero-order valence-electron chi connectivity index (χ0n) is 19.0. The number of fused-ring (bicyclic) bond motifs is 1. The van der Waals surface area contributed by atoms with Crippen molar-refractivity contribution in [3.05, 3.63) is 58.1 Å². The van der Waals surface area contributed by atoms with Crippen LogP contribution in [0.25, 0.3) is 0 Å². The number of methoxy groups -OCH3 is 3. The minimum atomic E-state index is -1.43. The molecule has 3 rings (SSSR count). The first kappa shape index (κ1) is 24.7. The van der Waals surface area contributed by atoms with Gasteiger partial charge in [-0.1, -0.05) is 0 Å². The molecule has 0 bridgehead atoms. The van der Waals surface area contributed by atoms with Gasteiger partial charge in [0.15, 0.2) is 18.1 Å². The standard InChI is InChI=1S/C22H25N5O7/c1-22(20(32-3)33-4)19(28)18(16-11-14(27(29)30)7-10-17(16)34-22)26-21(24-12-23)25-13-5-8-15(31-2)9-6-13/h5-11,18-20,28H,1-4H3,(H2,24,25,26)/t18-,19-,22+/m0/s1. The number of aliphatic hydroxyl groups excluding tert-OH is 1. The smallest absolute Gasteiger partial charge is 0.270 e. The molecular formula is C22H25N5O7. The Balaban J connectivity index is 2.10. The van der Waals surface area contributed by atoms with Crippen LogP contribution in [0.5, 0.6) is 11.5 Å². The molecule has 0 aliphatic carbocycles. The summed E-state index contributed by atoms with van der Waals surface area (Å²) in [5, 5.41) is 37.4. The maximum Gasteiger partial charge on any atom is 0.270 e. The van der Waals surface area contributed by atoms with E-state index in [4.69, 9.17) is 18.9 Å². The van der Waals surface area contributed by atoms with Crippen LogP contribution in [-0.4, -0.2) is 55.3 Å². The number of benzene rings is 2. The van der Waals surface area contributed by atoms with E-state index in [-0.39, 0.29) is 23.0 Å². The van der Waals surface area contributed by atoms with Gasteiger partial charge in [0.1, 0.15) is 23.6 Å². The van der Waals surface area contributed by atoms with Crippen LogP contribution in [0.4, 0.5) is 11.4 Å². The second-order valence-electron chi connectivity index (χ2n) is 7.53. The number of nitrogens with one attached hydrogen (secondary N) is 2. The van der Waals surface area contributed by atoms with Crippen LogP contribution in [0.3, 0.4) is 0 Å². The van der Waals surface area contributed by atoms with E-state index in [1.54, 1.807) is 44.5 Å². The topological polar surface area (TPSA) is 160 Å². The lowest BCUT2D eigenvalue weighted by atomic mass is 9.84. The van der Waals surface area contributed by atoms with Crippen molar-refractivity contribution in [1.29, 1.82) is 5.26 Å². The van der Waals surface area contributed by atoms with E-state index < -0.39 is 29.0 Å². The molecule has 2 aromatic carbocycles. The van der Waals surface area contributed by atoms with Gasteiger partial charge in [0.25, 0.3) is 5.69 Å². The lowest BCUT2D eigenvalue weighted by Gasteiger charge is -2.45. The van der Waals surface area contributed by atoms with Gasteiger partial charge in [0, 0.05) is 37.6 Å². The molecule has 34 heavy (non-hydrogen) atoms. The molecule has 2 aromatic rings. The monoisotopic (exact) mass is 471 g/mol. The van der Waals surface area contributed by atoms with Gasteiger partial charge in [-0.25, -0.2) is 4.99 Å². The number of hydrogen-bond donors (Lipinski definition) is 3. The molecule has 0 saturated heterocycles. The third-order valence-electron chi connectivity index (χ3n) is 5.43. The molecule has 0 saturated carbocycles. The van der Waals surface area contributed by atoms with Gasteiger partial charge < -0.3 is 29.4 Å². The summed E-state index contributed by atoms with van der Waals surface area (Å²) in [4.78, 5) is 15.3. The summed E-state index contributed by atoms with van der Waals surface area (Å²) in [6, 6.07) is 9.76. The third kappa shape index (κ3) is 4.86. The third-order valence-corrected chi connectivity index (χ3v) is 5.43. The number of rotatable bonds is 7. The van der Waals surface area contributed by atoms with Crippen molar-refractivity contribution >= 4 is 17.3 Å². The average molecular weight is 471 g/mol. The zero-order valence-corrected chi connectivity index (χ0v) is 19.0. The van der Waals surface area contributed by atoms with Crippen LogP contribution in [0.15, 0.2) is 47.5 Å². The number of ether oxygens (including phenoxy) is 4. The molecule has 3 atom stereocenters. The van der Waals surface area contributed by atoms with Crippen LogP contribution in [0, 0.1) is 21.6 Å². The number of nitro benzene ring substituents is 1. The fourth-order valence-electron chi connectivity index (χ4n) is 3.75. The maximum atomic E-state index is 11.4. The fraction of sp³-hybridized carbons (Fsp3) is 0.364. The molecule has 0 radical (unpaired) electrons. The van der Waals surface area contributed by atoms with E-state index in [1.165, 1.54) is 32.4 Å². The van der Waals surface area contributed by atoms with Crippen molar-refractivity contribution in [3.63, 3.8) is 0 Å². The van der Waals surface area contributed by atoms with E-state index in [1.807, 2.05) is 0 Å². The highest BCUT2D eigenvalue weighted by molar-refractivity contribution is 5.94. The molecule has 1 heterocycles. The summed E-state index contributed by atoms with van der Waals surface area (Å²) in [6.45, 7) is 1.58. The Morgan fingerprint density at radius 3 is 2.50 bits per heavy atom. The molecule has 1 aliphatic rings. The van der Waals surface area contributed by atoms with Gasteiger partial charge in [-0.3, -0.25) is 15.4 Å². The molecule has 12 nitrogen and oxygen atoms in total. The number of nitriles is 1. The van der Waals surface area contributed by atoms with Gasteiger partial charge >= 0.3 is 0 Å². The number of aliphatic hydroxyl groups is 1. The van der Waals surface area contributed by atoms with Crippen LogP contribution < -0.4 is 20.1 Å². The Kier molecular flexibility index (Phi) is 7.52. The van der Waals surface area contributed by atoms with Gasteiger partial charge in [0.2, 0.25) is 5.96 Å². The molecule has 1 aliphatic heterocycles. The summed E-state index contributed by atoms with van der Waals surface area (Å²) in [5.41, 5.74) is -0.790. The van der Waals surface area contributed by atoms with Crippen molar-refractivity contribution in [2.24, 2.45) is 4.99 Å². The first-order chi connectivity index (χ1) is 16.3. The minimum absolute atomic E-state index is 0.00445. The molecule has 0 spiro atoms. The van der Waals surface area contributed by atoms with Gasteiger partial charge in [-0.05, 0) is 37.3 Å². The van der Waals surface area contributed by atoms with Crippen LogP contribution >= 0.6 is 0 Å². The molecular weight excluding hydrogens is 446 g/mol. The normalized spacial score (nSPS) is 21.7. The number of nitro groups is 1. The molecule has 0 amide bonds. The Labute approximate surface area is 195 Å². The van der Waals surface area contributed by atoms with E-state index in [9.17, 15) is 20.5 Å². The van der Waals surface area contributed by atoms with Gasteiger partial charge in [-0.2, -0.15) is 5.26 Å². The van der Waals surface area contributed by atoms with Crippen molar-refractivity contribution in [2.45, 2.75) is 31.0 Å². The predicted molar refractivity (Wildman–Crippen MR) is 121 cm³/mol. The van der Waals surface area contributed by atoms with Crippen LogP contribution in [0.1, 0.15) is 18.5 Å². The Hall–Kier alpha value is -3.92. The van der Waals surface area contributed by atoms with Crippen LogP contribution in [-0.2, 0) is 9.47 Å². The fourth-order valence-corrected chi connectivity index (χ4v) is 3.75. The second-order valence-corrected chi connectivity index (χ2v) is 7.53. The molecule has 0 fully saturated rings. The molecule has 180 valence electrons. The van der Waals surface area contributed by atoms with E-state index in [0.29, 0.717) is 11.4 Å². The minimum Gasteiger partial charge on any atom is -0.497 e. The van der Waals surface area contributed by atoms with E-state index >= 15 is 0 Å². The lowest BCUT2D eigenvalue weighted by molar-refractivity contribution is -0.385. The summed E-state index contributed by atoms with van der Waals surface area (Å²) in [6.07, 6.45) is -0.574. The summed E-state index contributed by atoms with van der Waals surface area (Å²) in [5.74, 6) is 0.899. The van der Waals surface area contributed by atoms with Gasteiger partial charge in [-0.15, -0.1) is 0 Å². The number of hydrogen-bond acceptors (Lipinski definition) is 9. The predicted octanol–water partition coefficient (Wildman–Crippen LogP) is 2.31. The first-order valence-corrected chi connectivity index (χ1v) is 10.1. The quantitative estimate of drug-likeness (QED) is 0.104. The number of anilines is 1. The summed E-state index contributed by atoms with van der Waals surface area (Å²) < 4.78 is 21.9. The summed E-state index contributed by atoms with van der Waals surface area (Å²) >= 11 is 0. The number of guanidine groups is 1. The SMILES string of the molecule is COc1ccc(NC(=N[C@H]2c3cc([N+](=O)[O-])ccc3O[C@@](C)(C(OC)OC)[C@H]2O)NC#N)cc1. The average Bonchev–Trinajstić information content (AvgIpc) is 2.83. The van der Waals surface area contributed by atoms with Crippen LogP contribution in [0.2, 0.25) is 0 Å². The highest BCUT2D eigenvalue weighted by Crippen LogP contribution is 2.45. The van der Waals surface area contributed by atoms with Crippen molar-refractivity contribution in [2.75, 3.05) is 26.6 Å². The summed E-state index contributed by atoms with van der Waals surface area (Å²) in [7, 11) is 4.33. The molecule has 0 unspecified atom stereocenters. The zero-order chi connectivity index (χ0) is 24.9. The Bertz CT molecular complexity index is 1100. The first-order valence-electron chi connectivity index (χ1n) is 10.1. The van der Waals surface area contributed by atoms with Crippen molar-refractivity contribution < 1.29 is 29.0 Å². The van der Waals surface area contributed by atoms with E-state index in [0.717, 1.165) is 0 Å². The molecule has 12 heteroatoms.